The van der Waals surface area contributed by atoms with Crippen LogP contribution in [0.5, 0.6) is 5.75 Å². The molecule has 0 fully saturated rings. The van der Waals surface area contributed by atoms with Crippen molar-refractivity contribution >= 4 is 16.9 Å². The highest BCUT2D eigenvalue weighted by Gasteiger charge is 2.23. The second kappa shape index (κ2) is 10.4. The largest absolute Gasteiger partial charge is 0.484 e. The van der Waals surface area contributed by atoms with E-state index in [0.717, 1.165) is 22.2 Å². The number of carbonyl (C=O) groups excluding carboxylic acids is 1. The van der Waals surface area contributed by atoms with E-state index in [1.165, 1.54) is 12.1 Å². The maximum atomic E-state index is 13.3. The number of fused-ring (bicyclic) bond motifs is 1. The highest BCUT2D eigenvalue weighted by molar-refractivity contribution is 5.81. The zero-order chi connectivity index (χ0) is 24.9. The topological polar surface area (TPSA) is 81.3 Å². The third kappa shape index (κ3) is 5.22. The van der Waals surface area contributed by atoms with E-state index in [1.807, 2.05) is 55.5 Å². The van der Waals surface area contributed by atoms with Crippen LogP contribution in [0.1, 0.15) is 24.4 Å². The van der Waals surface area contributed by atoms with Gasteiger partial charge in [0.15, 0.2) is 0 Å². The molecule has 5 rings (SSSR count). The highest BCUT2D eigenvalue weighted by atomic mass is 19.1. The van der Waals surface area contributed by atoms with Crippen molar-refractivity contribution in [3.05, 3.63) is 115 Å². The fraction of sp³-hybridized carbons (Fsp3) is 0.143. The van der Waals surface area contributed by atoms with Gasteiger partial charge in [0.05, 0.1) is 36.3 Å². The molecule has 2 aromatic heterocycles. The Balaban J connectivity index is 1.34. The van der Waals surface area contributed by atoms with E-state index in [9.17, 15) is 9.18 Å². The van der Waals surface area contributed by atoms with Gasteiger partial charge < -0.3 is 19.8 Å². The Labute approximate surface area is 207 Å². The highest BCUT2D eigenvalue weighted by Crippen LogP contribution is 2.29. The van der Waals surface area contributed by atoms with Crippen LogP contribution in [0.3, 0.4) is 0 Å². The van der Waals surface area contributed by atoms with Gasteiger partial charge in [-0.3, -0.25) is 0 Å². The van der Waals surface area contributed by atoms with E-state index in [1.54, 1.807) is 41.4 Å². The number of amides is 2. The second-order valence-electron chi connectivity index (χ2n) is 8.40. The van der Waals surface area contributed by atoms with Crippen LogP contribution >= 0.6 is 0 Å². The summed E-state index contributed by atoms with van der Waals surface area (Å²) < 4.78 is 26.7. The number of halogens is 1. The van der Waals surface area contributed by atoms with Crippen molar-refractivity contribution in [1.82, 2.24) is 20.4 Å². The molecular weight excluding hydrogens is 459 g/mol. The Hall–Kier alpha value is -4.59. The number of rotatable bonds is 8. The third-order valence-corrected chi connectivity index (χ3v) is 5.82. The number of urea groups is 1. The first-order valence-corrected chi connectivity index (χ1v) is 11.6. The zero-order valence-corrected chi connectivity index (χ0v) is 19.6. The molecule has 0 aliphatic carbocycles. The summed E-state index contributed by atoms with van der Waals surface area (Å²) in [5, 5.41) is 11.1. The van der Waals surface area contributed by atoms with Crippen molar-refractivity contribution in [2.24, 2.45) is 0 Å². The summed E-state index contributed by atoms with van der Waals surface area (Å²) in [5.41, 5.74) is 2.56. The molecule has 0 spiro atoms. The molecule has 2 atom stereocenters. The molecule has 0 unspecified atom stereocenters. The molecule has 8 heteroatoms. The lowest BCUT2D eigenvalue weighted by Gasteiger charge is -2.26. The molecule has 0 radical (unpaired) electrons. The van der Waals surface area contributed by atoms with Crippen LogP contribution < -0.4 is 15.4 Å². The molecule has 7 nitrogen and oxygen atoms in total. The Bertz CT molecular complexity index is 1430. The minimum Gasteiger partial charge on any atom is -0.484 e. The fourth-order valence-electron chi connectivity index (χ4n) is 4.03. The van der Waals surface area contributed by atoms with Crippen molar-refractivity contribution in [2.45, 2.75) is 25.6 Å². The summed E-state index contributed by atoms with van der Waals surface area (Å²) in [6.45, 7) is 2.19. The lowest BCUT2D eigenvalue weighted by atomic mass is 10.0. The molecule has 182 valence electrons. The predicted octanol–water partition coefficient (Wildman–Crippen LogP) is 5.77. The van der Waals surface area contributed by atoms with Crippen LogP contribution in [0, 0.1) is 5.82 Å². The molecule has 3 aromatic carbocycles. The molecule has 2 heterocycles. The maximum absolute atomic E-state index is 13.3. The Kier molecular flexibility index (Phi) is 6.66. The van der Waals surface area contributed by atoms with E-state index in [4.69, 9.17) is 9.15 Å². The van der Waals surface area contributed by atoms with Crippen molar-refractivity contribution in [1.29, 1.82) is 0 Å². The van der Waals surface area contributed by atoms with Gasteiger partial charge in [-0.25, -0.2) is 13.9 Å². The zero-order valence-electron chi connectivity index (χ0n) is 19.6. The van der Waals surface area contributed by atoms with Gasteiger partial charge in [-0.1, -0.05) is 30.3 Å². The van der Waals surface area contributed by atoms with Crippen LogP contribution in [-0.2, 0) is 6.54 Å². The lowest BCUT2D eigenvalue weighted by molar-refractivity contribution is 0.161. The van der Waals surface area contributed by atoms with Crippen molar-refractivity contribution in [3.8, 4) is 11.4 Å². The first-order valence-electron chi connectivity index (χ1n) is 11.6. The first-order chi connectivity index (χ1) is 17.6. The molecule has 0 saturated heterocycles. The van der Waals surface area contributed by atoms with E-state index in [-0.39, 0.29) is 24.4 Å². The number of hydrogen-bond donors (Lipinski definition) is 2. The average Bonchev–Trinajstić information content (AvgIpc) is 3.57. The van der Waals surface area contributed by atoms with Crippen LogP contribution in [0.25, 0.3) is 16.6 Å². The molecule has 0 bridgehead atoms. The number of aromatic nitrogens is 2. The lowest BCUT2D eigenvalue weighted by Crippen LogP contribution is -2.44. The van der Waals surface area contributed by atoms with Gasteiger partial charge in [-0.15, -0.1) is 0 Å². The maximum Gasteiger partial charge on any atom is 0.315 e. The molecule has 36 heavy (non-hydrogen) atoms. The monoisotopic (exact) mass is 484 g/mol. The van der Waals surface area contributed by atoms with Gasteiger partial charge in [0.1, 0.15) is 23.4 Å². The average molecular weight is 485 g/mol. The van der Waals surface area contributed by atoms with Crippen molar-refractivity contribution in [2.75, 3.05) is 0 Å². The number of nitrogens with zero attached hydrogens (tertiary/aromatic N) is 2. The number of benzene rings is 3. The summed E-state index contributed by atoms with van der Waals surface area (Å²) in [5.74, 6) is 1.01. The predicted molar refractivity (Wildman–Crippen MR) is 134 cm³/mol. The Morgan fingerprint density at radius 3 is 2.61 bits per heavy atom. The molecule has 0 aliphatic rings. The molecule has 0 aliphatic heterocycles. The van der Waals surface area contributed by atoms with Crippen LogP contribution in [0.4, 0.5) is 9.18 Å². The van der Waals surface area contributed by atoms with E-state index < -0.39 is 6.10 Å². The first kappa shape index (κ1) is 23.2. The second-order valence-corrected chi connectivity index (χ2v) is 8.40. The van der Waals surface area contributed by atoms with E-state index >= 15 is 0 Å². The number of ether oxygens (including phenoxy) is 1. The van der Waals surface area contributed by atoms with E-state index in [2.05, 4.69) is 15.7 Å². The fourth-order valence-corrected chi connectivity index (χ4v) is 4.03. The smallest absolute Gasteiger partial charge is 0.315 e. The van der Waals surface area contributed by atoms with Crippen LogP contribution in [-0.4, -0.2) is 21.9 Å². The van der Waals surface area contributed by atoms with Gasteiger partial charge in [0, 0.05) is 5.39 Å². The summed E-state index contributed by atoms with van der Waals surface area (Å²) in [6, 6.07) is 24.5. The Morgan fingerprint density at radius 2 is 1.86 bits per heavy atom. The standard InChI is InChI=1S/C28H25FN4O3/c1-19(32-28(34)30-18-25-8-5-15-35-25)27(20-6-3-2-4-7-20)36-24-13-14-26-21(16-24)17-31-33(26)23-11-9-22(29)10-12-23/h2-17,19,27H,18H2,1H3,(H2,30,32,34)/t19-,27+/m0/s1. The Morgan fingerprint density at radius 1 is 1.06 bits per heavy atom. The number of furan rings is 1. The normalized spacial score (nSPS) is 12.7. The summed E-state index contributed by atoms with van der Waals surface area (Å²) in [6.07, 6.45) is 2.87. The van der Waals surface area contributed by atoms with Gasteiger partial charge in [-0.05, 0) is 67.1 Å². The molecule has 2 N–H and O–H groups in total. The number of nitrogens with one attached hydrogen (secondary N) is 2. The molecule has 5 aromatic rings. The van der Waals surface area contributed by atoms with Crippen molar-refractivity contribution < 1.29 is 18.3 Å². The van der Waals surface area contributed by atoms with E-state index in [0.29, 0.717) is 11.5 Å². The minimum atomic E-state index is -0.440. The van der Waals surface area contributed by atoms with Gasteiger partial charge in [-0.2, -0.15) is 5.10 Å². The number of carbonyl (C=O) groups is 1. The summed E-state index contributed by atoms with van der Waals surface area (Å²) in [4.78, 5) is 12.5. The van der Waals surface area contributed by atoms with Gasteiger partial charge in [0.25, 0.3) is 0 Å². The molecule has 0 saturated carbocycles. The third-order valence-electron chi connectivity index (χ3n) is 5.82. The molecular formula is C28H25FN4O3. The van der Waals surface area contributed by atoms with Crippen LogP contribution in [0.2, 0.25) is 0 Å². The SMILES string of the molecule is C[C@H](NC(=O)NCc1ccco1)[C@@H](Oc1ccc2c(cnn2-c2ccc(F)cc2)c1)c1ccccc1. The summed E-state index contributed by atoms with van der Waals surface area (Å²) >= 11 is 0. The van der Waals surface area contributed by atoms with Crippen molar-refractivity contribution in [3.63, 3.8) is 0 Å². The van der Waals surface area contributed by atoms with Gasteiger partial charge >= 0.3 is 6.03 Å². The number of hydrogen-bond acceptors (Lipinski definition) is 4. The van der Waals surface area contributed by atoms with Crippen LogP contribution in [0.15, 0.2) is 102 Å². The molecule has 2 amide bonds. The minimum absolute atomic E-state index is 0.289. The summed E-state index contributed by atoms with van der Waals surface area (Å²) in [7, 11) is 0. The quantitative estimate of drug-likeness (QED) is 0.293. The van der Waals surface area contributed by atoms with Gasteiger partial charge in [0.2, 0.25) is 0 Å².